The maximum absolute atomic E-state index is 12.4. The minimum absolute atomic E-state index is 0.398. The highest BCUT2D eigenvalue weighted by molar-refractivity contribution is 5.76. The van der Waals surface area contributed by atoms with E-state index in [-0.39, 0.29) is 0 Å². The number of piperidine rings is 1. The molecule has 0 spiro atoms. The number of amides is 1. The fraction of sp³-hybridized carbons (Fsp3) is 0.938. The Bertz CT molecular complexity index is 287. The summed E-state index contributed by atoms with van der Waals surface area (Å²) in [6.07, 6.45) is 6.89. The largest absolute Gasteiger partial charge is 0.342 e. The number of carbonyl (C=O) groups excluding carboxylic acids is 1. The molecule has 0 radical (unpaired) electrons. The molecule has 0 bridgehead atoms. The van der Waals surface area contributed by atoms with Crippen LogP contribution in [0.4, 0.5) is 0 Å². The van der Waals surface area contributed by atoms with Gasteiger partial charge >= 0.3 is 0 Å². The number of likely N-dealkylation sites (tertiary alicyclic amines) is 1. The van der Waals surface area contributed by atoms with Crippen LogP contribution in [0.1, 0.15) is 52.4 Å². The molecule has 1 saturated heterocycles. The molecule has 2 unspecified atom stereocenters. The first kappa shape index (κ1) is 14.8. The first-order chi connectivity index (χ1) is 9.08. The molecule has 1 aliphatic heterocycles. The Hall–Kier alpha value is -0.570. The molecule has 19 heavy (non-hydrogen) atoms. The van der Waals surface area contributed by atoms with Crippen molar-refractivity contribution in [3.05, 3.63) is 0 Å². The number of nitrogens with two attached hydrogens (primary N) is 1. The molecule has 0 aromatic rings. The molecule has 2 N–H and O–H groups in total. The molecule has 3 heteroatoms. The molecular weight excluding hydrogens is 236 g/mol. The van der Waals surface area contributed by atoms with Crippen LogP contribution in [0.5, 0.6) is 0 Å². The van der Waals surface area contributed by atoms with Gasteiger partial charge < -0.3 is 10.6 Å². The minimum atomic E-state index is 0.398. The Balaban J connectivity index is 1.78. The van der Waals surface area contributed by atoms with Gasteiger partial charge in [0.15, 0.2) is 0 Å². The van der Waals surface area contributed by atoms with Gasteiger partial charge in [0.25, 0.3) is 0 Å². The number of hydrogen-bond donors (Lipinski definition) is 1. The van der Waals surface area contributed by atoms with Crippen molar-refractivity contribution in [2.75, 3.05) is 19.6 Å². The summed E-state index contributed by atoms with van der Waals surface area (Å²) < 4.78 is 0. The zero-order valence-electron chi connectivity index (χ0n) is 12.6. The van der Waals surface area contributed by atoms with Gasteiger partial charge in [-0.3, -0.25) is 4.79 Å². The van der Waals surface area contributed by atoms with E-state index in [9.17, 15) is 4.79 Å². The van der Waals surface area contributed by atoms with Crippen LogP contribution in [0, 0.1) is 23.7 Å². The van der Waals surface area contributed by atoms with Crippen molar-refractivity contribution in [2.45, 2.75) is 52.4 Å². The van der Waals surface area contributed by atoms with E-state index in [1.807, 2.05) is 0 Å². The average Bonchev–Trinajstić information content (AvgIpc) is 2.38. The predicted molar refractivity (Wildman–Crippen MR) is 78.6 cm³/mol. The molecule has 2 aliphatic rings. The van der Waals surface area contributed by atoms with Gasteiger partial charge in [-0.15, -0.1) is 0 Å². The van der Waals surface area contributed by atoms with Crippen LogP contribution in [0.25, 0.3) is 0 Å². The van der Waals surface area contributed by atoms with E-state index in [4.69, 9.17) is 5.73 Å². The summed E-state index contributed by atoms with van der Waals surface area (Å²) in [5.41, 5.74) is 5.72. The Morgan fingerprint density at radius 3 is 2.11 bits per heavy atom. The Labute approximate surface area is 117 Å². The molecule has 2 atom stereocenters. The lowest BCUT2D eigenvalue weighted by Crippen LogP contribution is -2.43. The molecule has 1 amide bonds. The lowest BCUT2D eigenvalue weighted by molar-refractivity contribution is -0.135. The van der Waals surface area contributed by atoms with Crippen LogP contribution in [0.15, 0.2) is 0 Å². The van der Waals surface area contributed by atoms with Crippen LogP contribution in [0.2, 0.25) is 0 Å². The van der Waals surface area contributed by atoms with E-state index < -0.39 is 0 Å². The number of hydrogen-bond acceptors (Lipinski definition) is 2. The Morgan fingerprint density at radius 2 is 1.58 bits per heavy atom. The first-order valence-corrected chi connectivity index (χ1v) is 8.06. The number of carbonyl (C=O) groups is 1. The van der Waals surface area contributed by atoms with Gasteiger partial charge in [-0.1, -0.05) is 13.8 Å². The Morgan fingerprint density at radius 1 is 1.05 bits per heavy atom. The number of rotatable bonds is 3. The molecule has 2 fully saturated rings. The normalized spacial score (nSPS) is 36.3. The second-order valence-electron chi connectivity index (χ2n) is 7.07. The highest BCUT2D eigenvalue weighted by atomic mass is 16.2. The van der Waals surface area contributed by atoms with Crippen LogP contribution < -0.4 is 5.73 Å². The SMILES string of the molecule is CC1CC(C)CN(C(=O)CC2CCC(CN)CC2)C1. The molecule has 0 aromatic carbocycles. The van der Waals surface area contributed by atoms with Crippen molar-refractivity contribution < 1.29 is 4.79 Å². The van der Waals surface area contributed by atoms with Gasteiger partial charge in [0.2, 0.25) is 5.91 Å². The van der Waals surface area contributed by atoms with Crippen LogP contribution in [-0.4, -0.2) is 30.4 Å². The lowest BCUT2D eigenvalue weighted by Gasteiger charge is -2.36. The summed E-state index contributed by atoms with van der Waals surface area (Å²) in [6, 6.07) is 0. The van der Waals surface area contributed by atoms with Crippen molar-refractivity contribution in [1.29, 1.82) is 0 Å². The van der Waals surface area contributed by atoms with E-state index >= 15 is 0 Å². The summed E-state index contributed by atoms with van der Waals surface area (Å²) in [4.78, 5) is 14.5. The smallest absolute Gasteiger partial charge is 0.222 e. The van der Waals surface area contributed by atoms with Gasteiger partial charge in [-0.05, 0) is 62.3 Å². The lowest BCUT2D eigenvalue weighted by atomic mass is 9.80. The zero-order chi connectivity index (χ0) is 13.8. The molecule has 0 aromatic heterocycles. The topological polar surface area (TPSA) is 46.3 Å². The van der Waals surface area contributed by atoms with Gasteiger partial charge in [0.1, 0.15) is 0 Å². The number of nitrogens with zero attached hydrogens (tertiary/aromatic N) is 1. The summed E-state index contributed by atoms with van der Waals surface area (Å²) >= 11 is 0. The van der Waals surface area contributed by atoms with E-state index in [1.54, 1.807) is 0 Å². The molecule has 1 aliphatic carbocycles. The third-order valence-electron chi connectivity index (χ3n) is 4.98. The standard InChI is InChI=1S/C16H30N2O/c1-12-7-13(2)11-18(10-12)16(19)8-14-3-5-15(9-17)6-4-14/h12-15H,3-11,17H2,1-2H3. The second-order valence-corrected chi connectivity index (χ2v) is 7.07. The maximum atomic E-state index is 12.4. The molecule has 3 nitrogen and oxygen atoms in total. The van der Waals surface area contributed by atoms with Gasteiger partial charge in [-0.25, -0.2) is 0 Å². The Kier molecular flexibility index (Phi) is 5.26. The summed E-state index contributed by atoms with van der Waals surface area (Å²) in [7, 11) is 0. The van der Waals surface area contributed by atoms with Crippen LogP contribution in [0.3, 0.4) is 0 Å². The summed E-state index contributed by atoms with van der Waals surface area (Å²) in [5, 5.41) is 0. The van der Waals surface area contributed by atoms with Crippen molar-refractivity contribution >= 4 is 5.91 Å². The third kappa shape index (κ3) is 4.20. The molecule has 2 rings (SSSR count). The monoisotopic (exact) mass is 266 g/mol. The maximum Gasteiger partial charge on any atom is 0.222 e. The summed E-state index contributed by atoms with van der Waals surface area (Å²) in [5.74, 6) is 3.06. The van der Waals surface area contributed by atoms with E-state index in [2.05, 4.69) is 18.7 Å². The van der Waals surface area contributed by atoms with Crippen molar-refractivity contribution in [3.63, 3.8) is 0 Å². The summed E-state index contributed by atoms with van der Waals surface area (Å²) in [6.45, 7) is 7.30. The average molecular weight is 266 g/mol. The molecular formula is C16H30N2O. The van der Waals surface area contributed by atoms with Crippen LogP contribution >= 0.6 is 0 Å². The highest BCUT2D eigenvalue weighted by Crippen LogP contribution is 2.31. The van der Waals surface area contributed by atoms with Crippen LogP contribution in [-0.2, 0) is 4.79 Å². The third-order valence-corrected chi connectivity index (χ3v) is 4.98. The highest BCUT2D eigenvalue weighted by Gasteiger charge is 2.28. The molecule has 1 saturated carbocycles. The minimum Gasteiger partial charge on any atom is -0.342 e. The van der Waals surface area contributed by atoms with Gasteiger partial charge in [0.05, 0.1) is 0 Å². The van der Waals surface area contributed by atoms with E-state index in [0.29, 0.717) is 29.6 Å². The fourth-order valence-corrected chi connectivity index (χ4v) is 3.91. The van der Waals surface area contributed by atoms with Gasteiger partial charge in [-0.2, -0.15) is 0 Å². The van der Waals surface area contributed by atoms with E-state index in [0.717, 1.165) is 26.1 Å². The first-order valence-electron chi connectivity index (χ1n) is 8.06. The predicted octanol–water partition coefficient (Wildman–Crippen LogP) is 2.65. The second kappa shape index (κ2) is 6.74. The fourth-order valence-electron chi connectivity index (χ4n) is 3.91. The quantitative estimate of drug-likeness (QED) is 0.853. The van der Waals surface area contributed by atoms with Crippen molar-refractivity contribution in [3.8, 4) is 0 Å². The molecule has 110 valence electrons. The molecule has 1 heterocycles. The van der Waals surface area contributed by atoms with Crippen molar-refractivity contribution in [2.24, 2.45) is 29.4 Å². The van der Waals surface area contributed by atoms with Gasteiger partial charge in [0, 0.05) is 19.5 Å². The zero-order valence-corrected chi connectivity index (χ0v) is 12.6. The van der Waals surface area contributed by atoms with Crippen molar-refractivity contribution in [1.82, 2.24) is 4.90 Å². The van der Waals surface area contributed by atoms with E-state index in [1.165, 1.54) is 32.1 Å².